The highest BCUT2D eigenvalue weighted by atomic mass is 16.2. The van der Waals surface area contributed by atoms with Gasteiger partial charge in [0.1, 0.15) is 0 Å². The van der Waals surface area contributed by atoms with E-state index in [9.17, 15) is 9.59 Å². The van der Waals surface area contributed by atoms with Gasteiger partial charge in [-0.2, -0.15) is 5.10 Å². The predicted molar refractivity (Wildman–Crippen MR) is 97.1 cm³/mol. The average Bonchev–Trinajstić information content (AvgIpc) is 3.10. The fourth-order valence-electron chi connectivity index (χ4n) is 2.18. The largest absolute Gasteiger partial charge is 0.321 e. The van der Waals surface area contributed by atoms with E-state index in [0.717, 1.165) is 5.56 Å². The molecule has 0 aliphatic rings. The molecule has 3 N–H and O–H groups in total. The lowest BCUT2D eigenvalue weighted by Crippen LogP contribution is -2.16. The highest BCUT2D eigenvalue weighted by molar-refractivity contribution is 6.10. The van der Waals surface area contributed by atoms with Gasteiger partial charge < -0.3 is 10.6 Å². The number of hydrogen-bond acceptors (Lipinski definition) is 3. The van der Waals surface area contributed by atoms with Crippen LogP contribution in [-0.4, -0.2) is 22.0 Å². The van der Waals surface area contributed by atoms with Crippen molar-refractivity contribution >= 4 is 29.3 Å². The minimum Gasteiger partial charge on any atom is -0.321 e. The van der Waals surface area contributed by atoms with E-state index in [1.54, 1.807) is 18.2 Å². The van der Waals surface area contributed by atoms with Crippen molar-refractivity contribution in [3.8, 4) is 0 Å². The molecule has 2 aromatic carbocycles. The van der Waals surface area contributed by atoms with E-state index in [1.807, 2.05) is 48.5 Å². The third-order valence-electron chi connectivity index (χ3n) is 3.37. The van der Waals surface area contributed by atoms with Crippen molar-refractivity contribution in [2.45, 2.75) is 0 Å². The Morgan fingerprint density at radius 3 is 2.32 bits per heavy atom. The number of aromatic amines is 1. The molecule has 124 valence electrons. The number of aromatic nitrogens is 2. The molecular weight excluding hydrogens is 316 g/mol. The first-order chi connectivity index (χ1) is 12.2. The summed E-state index contributed by atoms with van der Waals surface area (Å²) in [6.45, 7) is 0. The molecule has 0 unspecified atom stereocenters. The first kappa shape index (κ1) is 16.2. The van der Waals surface area contributed by atoms with Crippen LogP contribution in [0.2, 0.25) is 0 Å². The summed E-state index contributed by atoms with van der Waals surface area (Å²) in [6, 6.07) is 18.5. The van der Waals surface area contributed by atoms with E-state index in [-0.39, 0.29) is 11.6 Å². The molecule has 3 aromatic rings. The molecule has 2 amide bonds. The number of para-hydroxylation sites is 1. The highest BCUT2D eigenvalue weighted by Gasteiger charge is 2.16. The van der Waals surface area contributed by atoms with Gasteiger partial charge in [-0.1, -0.05) is 48.5 Å². The average molecular weight is 332 g/mol. The minimum atomic E-state index is -0.408. The molecule has 0 radical (unpaired) electrons. The number of H-pyrrole nitrogens is 1. The fourth-order valence-corrected chi connectivity index (χ4v) is 2.18. The Labute approximate surface area is 144 Å². The quantitative estimate of drug-likeness (QED) is 0.626. The molecule has 0 atom stereocenters. The number of carbonyl (C=O) groups excluding carboxylic acids is 2. The molecule has 0 aliphatic heterocycles. The summed E-state index contributed by atoms with van der Waals surface area (Å²) < 4.78 is 0. The van der Waals surface area contributed by atoms with Crippen LogP contribution in [-0.2, 0) is 4.79 Å². The summed E-state index contributed by atoms with van der Waals surface area (Å²) in [6.07, 6.45) is 4.56. The number of amides is 2. The Morgan fingerprint density at radius 1 is 0.920 bits per heavy atom. The second kappa shape index (κ2) is 7.74. The number of nitrogens with one attached hydrogen (secondary N) is 3. The van der Waals surface area contributed by atoms with Crippen molar-refractivity contribution in [2.24, 2.45) is 0 Å². The number of anilines is 2. The monoisotopic (exact) mass is 332 g/mol. The van der Waals surface area contributed by atoms with Crippen LogP contribution in [0.15, 0.2) is 72.9 Å². The zero-order chi connectivity index (χ0) is 17.5. The maximum absolute atomic E-state index is 12.3. The Balaban J connectivity index is 1.66. The van der Waals surface area contributed by atoms with Crippen LogP contribution >= 0.6 is 0 Å². The zero-order valence-electron chi connectivity index (χ0n) is 13.3. The van der Waals surface area contributed by atoms with Crippen molar-refractivity contribution in [3.63, 3.8) is 0 Å². The van der Waals surface area contributed by atoms with Crippen molar-refractivity contribution < 1.29 is 9.59 Å². The van der Waals surface area contributed by atoms with Crippen LogP contribution in [0, 0.1) is 0 Å². The lowest BCUT2D eigenvalue weighted by atomic mass is 10.2. The van der Waals surface area contributed by atoms with Crippen LogP contribution in [0.5, 0.6) is 0 Å². The summed E-state index contributed by atoms with van der Waals surface area (Å²) in [5, 5.41) is 11.9. The molecule has 0 spiro atoms. The first-order valence-electron chi connectivity index (χ1n) is 7.66. The minimum absolute atomic E-state index is 0.116. The van der Waals surface area contributed by atoms with Gasteiger partial charge in [-0.25, -0.2) is 0 Å². The molecule has 6 nitrogen and oxygen atoms in total. The van der Waals surface area contributed by atoms with Gasteiger partial charge in [0.2, 0.25) is 5.91 Å². The summed E-state index contributed by atoms with van der Waals surface area (Å²) in [7, 11) is 0. The van der Waals surface area contributed by atoms with Gasteiger partial charge in [0.25, 0.3) is 5.91 Å². The van der Waals surface area contributed by atoms with Crippen LogP contribution in [0.3, 0.4) is 0 Å². The van der Waals surface area contributed by atoms with Gasteiger partial charge in [0.05, 0.1) is 5.69 Å². The SMILES string of the molecule is O=C(C=Cc1ccccc1)Nc1c[nH]nc1C(=O)Nc1ccccc1. The number of carbonyl (C=O) groups is 2. The highest BCUT2D eigenvalue weighted by Crippen LogP contribution is 2.15. The summed E-state index contributed by atoms with van der Waals surface area (Å²) >= 11 is 0. The van der Waals surface area contributed by atoms with Gasteiger partial charge in [-0.15, -0.1) is 0 Å². The van der Waals surface area contributed by atoms with Crippen molar-refractivity contribution in [2.75, 3.05) is 10.6 Å². The molecule has 0 saturated carbocycles. The number of hydrogen-bond donors (Lipinski definition) is 3. The predicted octanol–water partition coefficient (Wildman–Crippen LogP) is 3.31. The van der Waals surface area contributed by atoms with E-state index in [4.69, 9.17) is 0 Å². The Kier molecular flexibility index (Phi) is 5.01. The van der Waals surface area contributed by atoms with Crippen LogP contribution in [0.1, 0.15) is 16.1 Å². The van der Waals surface area contributed by atoms with Crippen molar-refractivity contribution in [1.82, 2.24) is 10.2 Å². The number of rotatable bonds is 5. The summed E-state index contributed by atoms with van der Waals surface area (Å²) in [5.41, 5.74) is 1.99. The first-order valence-corrected chi connectivity index (χ1v) is 7.66. The van der Waals surface area contributed by atoms with Gasteiger partial charge in [-0.05, 0) is 23.8 Å². The Hall–Kier alpha value is -3.67. The maximum atomic E-state index is 12.3. The molecule has 1 heterocycles. The van der Waals surface area contributed by atoms with Crippen molar-refractivity contribution in [3.05, 3.63) is 84.2 Å². The lowest BCUT2D eigenvalue weighted by molar-refractivity contribution is -0.111. The molecule has 1 aromatic heterocycles. The second-order valence-corrected chi connectivity index (χ2v) is 5.20. The standard InChI is InChI=1S/C19H16N4O2/c24-17(12-11-14-7-3-1-4-8-14)22-16-13-20-23-18(16)19(25)21-15-9-5-2-6-10-15/h1-13H,(H,20,23)(H,21,25)(H,22,24). The van der Waals surface area contributed by atoms with Gasteiger partial charge >= 0.3 is 0 Å². The fraction of sp³-hybridized carbons (Fsp3) is 0. The number of nitrogens with zero attached hydrogens (tertiary/aromatic N) is 1. The molecule has 0 bridgehead atoms. The molecule has 25 heavy (non-hydrogen) atoms. The van der Waals surface area contributed by atoms with Crippen LogP contribution in [0.25, 0.3) is 6.08 Å². The van der Waals surface area contributed by atoms with E-state index >= 15 is 0 Å². The Morgan fingerprint density at radius 2 is 1.60 bits per heavy atom. The molecule has 6 heteroatoms. The third-order valence-corrected chi connectivity index (χ3v) is 3.37. The molecule has 3 rings (SSSR count). The zero-order valence-corrected chi connectivity index (χ0v) is 13.3. The topological polar surface area (TPSA) is 86.9 Å². The van der Waals surface area contributed by atoms with Crippen molar-refractivity contribution in [1.29, 1.82) is 0 Å². The third kappa shape index (κ3) is 4.42. The molecule has 0 saturated heterocycles. The van der Waals surface area contributed by atoms with E-state index in [1.165, 1.54) is 12.3 Å². The summed E-state index contributed by atoms with van der Waals surface area (Å²) in [5.74, 6) is -0.756. The van der Waals surface area contributed by atoms with E-state index < -0.39 is 5.91 Å². The second-order valence-electron chi connectivity index (χ2n) is 5.20. The maximum Gasteiger partial charge on any atom is 0.278 e. The van der Waals surface area contributed by atoms with Crippen LogP contribution < -0.4 is 10.6 Å². The van der Waals surface area contributed by atoms with Gasteiger partial charge in [0, 0.05) is 18.0 Å². The van der Waals surface area contributed by atoms with Gasteiger partial charge in [0.15, 0.2) is 5.69 Å². The molecular formula is C19H16N4O2. The lowest BCUT2D eigenvalue weighted by Gasteiger charge is -2.05. The molecule has 0 fully saturated rings. The normalized spacial score (nSPS) is 10.6. The molecule has 0 aliphatic carbocycles. The summed E-state index contributed by atoms with van der Waals surface area (Å²) in [4.78, 5) is 24.3. The van der Waals surface area contributed by atoms with Gasteiger partial charge in [-0.3, -0.25) is 14.7 Å². The smallest absolute Gasteiger partial charge is 0.278 e. The van der Waals surface area contributed by atoms with Crippen LogP contribution in [0.4, 0.5) is 11.4 Å². The Bertz CT molecular complexity index is 886. The van der Waals surface area contributed by atoms with E-state index in [0.29, 0.717) is 11.4 Å². The van der Waals surface area contributed by atoms with E-state index in [2.05, 4.69) is 20.8 Å². The number of benzene rings is 2.